The average Bonchev–Trinajstić information content (AvgIpc) is 3.56. The Morgan fingerprint density at radius 2 is 1.81 bits per heavy atom. The fourth-order valence-electron chi connectivity index (χ4n) is 8.88. The Hall–Kier alpha value is -5.89. The molecular weight excluding hydrogens is 850 g/mol. The predicted molar refractivity (Wildman–Crippen MR) is 226 cm³/mol. The van der Waals surface area contributed by atoms with Crippen LogP contribution in [0.4, 0.5) is 35.0 Å². The first-order valence-corrected chi connectivity index (χ1v) is 21.1. The number of carbonyl (C=O) groups excluding carboxylic acids is 3. The van der Waals surface area contributed by atoms with E-state index < -0.39 is 65.1 Å². The van der Waals surface area contributed by atoms with Crippen LogP contribution in [-0.4, -0.2) is 104 Å². The van der Waals surface area contributed by atoms with Gasteiger partial charge in [0, 0.05) is 61.9 Å². The normalized spacial score (nSPS) is 19.8. The molecule has 0 saturated carbocycles. The molecule has 7 heterocycles. The minimum absolute atomic E-state index is 0.0377. The van der Waals surface area contributed by atoms with Crippen molar-refractivity contribution in [2.45, 2.75) is 69.8 Å². The van der Waals surface area contributed by atoms with E-state index >= 15 is 17.6 Å². The molecule has 3 aliphatic rings. The second-order valence-electron chi connectivity index (χ2n) is 16.6. The third kappa shape index (κ3) is 8.61. The molecule has 3 N–H and O–H groups in total. The summed E-state index contributed by atoms with van der Waals surface area (Å²) in [5, 5.41) is 13.0. The third-order valence-corrected chi connectivity index (χ3v) is 12.4. The molecule has 4 aromatic heterocycles. The molecule has 1 aromatic carbocycles. The van der Waals surface area contributed by atoms with Crippen molar-refractivity contribution in [3.8, 4) is 5.75 Å². The lowest BCUT2D eigenvalue weighted by atomic mass is 9.86. The van der Waals surface area contributed by atoms with Crippen LogP contribution in [0.15, 0.2) is 35.4 Å². The number of amides is 3. The topological polar surface area (TPSA) is 181 Å². The van der Waals surface area contributed by atoms with E-state index in [4.69, 9.17) is 16.3 Å². The number of likely N-dealkylation sites (N-methyl/N-ethyl adjacent to an activating group) is 1. The summed E-state index contributed by atoms with van der Waals surface area (Å²) in [5.74, 6) is -8.15. The molecule has 21 heteroatoms. The Balaban J connectivity index is 0.915. The highest BCUT2D eigenvalue weighted by Crippen LogP contribution is 2.40. The summed E-state index contributed by atoms with van der Waals surface area (Å²) >= 11 is 6.48. The van der Waals surface area contributed by atoms with Crippen molar-refractivity contribution in [2.24, 2.45) is 13.0 Å². The van der Waals surface area contributed by atoms with Gasteiger partial charge >= 0.3 is 0 Å². The standard InChI is InChI=1S/C42H46ClF4N11O5/c1-21(2)58-38-23(14-30(40(58)62)63-19-32(60)48-3)13-25(16-49-38)51-37-28(43)17-50-41(53-37)57-12-9-24(42(46,47)20-57)18-56-10-7-22(8-11-56)33-29(44)15-27-35(54-55(4)36(27)34(33)45)26-5-6-31(59)52-39(26)61/h13-17,21-22,24,26H,5-12,18-20H2,1-4H3,(H,48,60)(H,50,51,53)(H,52,59,61)/t24-,26?/m1/s1. The zero-order valence-corrected chi connectivity index (χ0v) is 35.7. The predicted octanol–water partition coefficient (Wildman–Crippen LogP) is 5.32. The van der Waals surface area contributed by atoms with E-state index in [1.165, 1.54) is 52.8 Å². The highest BCUT2D eigenvalue weighted by atomic mass is 35.5. The Bertz CT molecular complexity index is 2690. The number of hydrogen-bond donors (Lipinski definition) is 3. The number of benzene rings is 1. The van der Waals surface area contributed by atoms with Crippen LogP contribution < -0.4 is 31.1 Å². The Morgan fingerprint density at radius 1 is 1.05 bits per heavy atom. The molecule has 0 aliphatic carbocycles. The molecule has 5 aromatic rings. The molecule has 2 atom stereocenters. The number of nitrogens with zero attached hydrogens (tertiary/aromatic N) is 8. The number of fused-ring (bicyclic) bond motifs is 2. The van der Waals surface area contributed by atoms with Crippen molar-refractivity contribution in [1.82, 2.24) is 44.8 Å². The maximum absolute atomic E-state index is 16.2. The summed E-state index contributed by atoms with van der Waals surface area (Å²) in [5.41, 5.74) is 0.560. The molecule has 3 fully saturated rings. The van der Waals surface area contributed by atoms with Crippen LogP contribution in [0.5, 0.6) is 5.75 Å². The van der Waals surface area contributed by atoms with Gasteiger partial charge in [-0.2, -0.15) is 10.1 Å². The van der Waals surface area contributed by atoms with E-state index in [9.17, 15) is 19.2 Å². The number of imide groups is 1. The van der Waals surface area contributed by atoms with E-state index in [-0.39, 0.29) is 89.7 Å². The highest BCUT2D eigenvalue weighted by Gasteiger charge is 2.46. The number of halogens is 5. The number of aryl methyl sites for hydroxylation is 1. The first-order valence-electron chi connectivity index (χ1n) is 20.7. The van der Waals surface area contributed by atoms with Crippen molar-refractivity contribution >= 4 is 68.7 Å². The fraction of sp³-hybridized carbons (Fsp3) is 0.476. The van der Waals surface area contributed by atoms with Gasteiger partial charge in [0.15, 0.2) is 24.0 Å². The zero-order chi connectivity index (χ0) is 44.9. The van der Waals surface area contributed by atoms with Gasteiger partial charge in [0.05, 0.1) is 36.2 Å². The van der Waals surface area contributed by atoms with Crippen molar-refractivity contribution in [1.29, 1.82) is 0 Å². The number of pyridine rings is 2. The van der Waals surface area contributed by atoms with Gasteiger partial charge in [-0.1, -0.05) is 11.6 Å². The highest BCUT2D eigenvalue weighted by molar-refractivity contribution is 6.33. The average molecular weight is 896 g/mol. The molecule has 3 amide bonds. The maximum Gasteiger partial charge on any atom is 0.294 e. The molecule has 1 unspecified atom stereocenters. The van der Waals surface area contributed by atoms with E-state index in [0.717, 1.165) is 0 Å². The largest absolute Gasteiger partial charge is 0.478 e. The van der Waals surface area contributed by atoms with Gasteiger partial charge < -0.3 is 25.2 Å². The molecule has 3 saturated heterocycles. The number of aromatic nitrogens is 6. The quantitative estimate of drug-likeness (QED) is 0.115. The summed E-state index contributed by atoms with van der Waals surface area (Å²) in [7, 11) is 2.98. The van der Waals surface area contributed by atoms with Crippen molar-refractivity contribution in [3.63, 3.8) is 0 Å². The summed E-state index contributed by atoms with van der Waals surface area (Å²) < 4.78 is 72.1. The van der Waals surface area contributed by atoms with Crippen molar-refractivity contribution in [3.05, 3.63) is 68.9 Å². The van der Waals surface area contributed by atoms with Crippen LogP contribution in [0.25, 0.3) is 21.9 Å². The van der Waals surface area contributed by atoms with Gasteiger partial charge in [0.25, 0.3) is 17.4 Å². The second kappa shape index (κ2) is 17.3. The number of likely N-dealkylation sites (tertiary alicyclic amines) is 1. The van der Waals surface area contributed by atoms with Gasteiger partial charge in [-0.15, -0.1) is 0 Å². The number of hydrogen-bond acceptors (Lipinski definition) is 12. The van der Waals surface area contributed by atoms with E-state index in [0.29, 0.717) is 42.7 Å². The number of anilines is 3. The number of ether oxygens (including phenoxy) is 1. The monoisotopic (exact) mass is 895 g/mol. The summed E-state index contributed by atoms with van der Waals surface area (Å²) in [4.78, 5) is 65.8. The SMILES string of the molecule is CNC(=O)COc1cc2cc(Nc3nc(N4CC[C@H](CN5CCC(c6c(F)cc7c(C8CCC(=O)NC8=O)nn(C)c7c6F)CC5)C(F)(F)C4)ncc3Cl)cnc2n(C(C)C)c1=O. The molecule has 0 spiro atoms. The second-order valence-corrected chi connectivity index (χ2v) is 17.0. The van der Waals surface area contributed by atoms with Crippen LogP contribution in [0.3, 0.4) is 0 Å². The smallest absolute Gasteiger partial charge is 0.294 e. The van der Waals surface area contributed by atoms with Gasteiger partial charge in [0.2, 0.25) is 17.8 Å². The maximum atomic E-state index is 16.2. The Labute approximate surface area is 363 Å². The molecule has 16 nitrogen and oxygen atoms in total. The number of carbonyl (C=O) groups is 3. The van der Waals surface area contributed by atoms with Crippen LogP contribution in [0.1, 0.15) is 75.1 Å². The molecular formula is C42H46ClF4N11O5. The number of piperidine rings is 3. The third-order valence-electron chi connectivity index (χ3n) is 12.1. The zero-order valence-electron chi connectivity index (χ0n) is 35.0. The van der Waals surface area contributed by atoms with Crippen LogP contribution >= 0.6 is 11.6 Å². The Kier molecular flexibility index (Phi) is 12.0. The summed E-state index contributed by atoms with van der Waals surface area (Å²) in [6.07, 6.45) is 3.93. The van der Waals surface area contributed by atoms with Gasteiger partial charge in [-0.25, -0.2) is 27.5 Å². The molecule has 0 radical (unpaired) electrons. The molecule has 0 bridgehead atoms. The van der Waals surface area contributed by atoms with Crippen molar-refractivity contribution < 1.29 is 36.7 Å². The van der Waals surface area contributed by atoms with Gasteiger partial charge in [-0.05, 0) is 76.7 Å². The summed E-state index contributed by atoms with van der Waals surface area (Å²) in [6, 6.07) is 4.11. The van der Waals surface area contributed by atoms with E-state index in [1.807, 2.05) is 18.7 Å². The molecule has 8 rings (SSSR count). The molecule has 3 aliphatic heterocycles. The lowest BCUT2D eigenvalue weighted by Gasteiger charge is -2.41. The first kappa shape index (κ1) is 43.7. The minimum atomic E-state index is -3.12. The lowest BCUT2D eigenvalue weighted by Crippen LogP contribution is -2.53. The molecule has 63 heavy (non-hydrogen) atoms. The number of nitrogens with one attached hydrogen (secondary N) is 3. The minimum Gasteiger partial charge on any atom is -0.478 e. The number of alkyl halides is 2. The van der Waals surface area contributed by atoms with Crippen LogP contribution in [0.2, 0.25) is 5.02 Å². The lowest BCUT2D eigenvalue weighted by molar-refractivity contribution is -0.134. The Morgan fingerprint density at radius 3 is 2.51 bits per heavy atom. The van der Waals surface area contributed by atoms with Crippen LogP contribution in [-0.2, 0) is 21.4 Å². The molecule has 334 valence electrons. The van der Waals surface area contributed by atoms with Gasteiger partial charge in [0.1, 0.15) is 22.0 Å². The van der Waals surface area contributed by atoms with E-state index in [1.54, 1.807) is 6.07 Å². The number of rotatable bonds is 11. The first-order chi connectivity index (χ1) is 30.0. The van der Waals surface area contributed by atoms with Gasteiger partial charge in [-0.3, -0.25) is 33.7 Å². The summed E-state index contributed by atoms with van der Waals surface area (Å²) in [6.45, 7) is 3.71. The van der Waals surface area contributed by atoms with Crippen molar-refractivity contribution in [2.75, 3.05) is 56.6 Å². The van der Waals surface area contributed by atoms with E-state index in [2.05, 4.69) is 36.0 Å². The van der Waals surface area contributed by atoms with Crippen LogP contribution in [0, 0.1) is 17.6 Å². The fourth-order valence-corrected chi connectivity index (χ4v) is 9.02.